The first-order valence-corrected chi connectivity index (χ1v) is 7.08. The zero-order valence-corrected chi connectivity index (χ0v) is 12.4. The summed E-state index contributed by atoms with van der Waals surface area (Å²) in [6.07, 6.45) is 0.518. The second-order valence-electron chi connectivity index (χ2n) is 6.23. The summed E-state index contributed by atoms with van der Waals surface area (Å²) in [4.78, 5) is 13.9. The first kappa shape index (κ1) is 14.9. The van der Waals surface area contributed by atoms with Crippen LogP contribution >= 0.6 is 0 Å². The third-order valence-corrected chi connectivity index (χ3v) is 3.59. The lowest BCUT2D eigenvalue weighted by atomic mass is 9.92. The minimum Gasteiger partial charge on any atom is -0.444 e. The van der Waals surface area contributed by atoms with Gasteiger partial charge in [-0.25, -0.2) is 4.79 Å². The van der Waals surface area contributed by atoms with Gasteiger partial charge in [-0.1, -0.05) is 30.3 Å². The average Bonchev–Trinajstić information content (AvgIpc) is 2.81. The summed E-state index contributed by atoms with van der Waals surface area (Å²) in [5, 5.41) is 9.67. The molecule has 4 nitrogen and oxygen atoms in total. The Morgan fingerprint density at radius 2 is 2.00 bits per heavy atom. The number of likely N-dealkylation sites (tertiary alicyclic amines) is 1. The molecule has 1 saturated heterocycles. The van der Waals surface area contributed by atoms with E-state index in [2.05, 4.69) is 0 Å². The van der Waals surface area contributed by atoms with Crippen molar-refractivity contribution < 1.29 is 14.6 Å². The van der Waals surface area contributed by atoms with Gasteiger partial charge >= 0.3 is 6.09 Å². The summed E-state index contributed by atoms with van der Waals surface area (Å²) in [6, 6.07) is 9.84. The monoisotopic (exact) mass is 277 g/mol. The van der Waals surface area contributed by atoms with Gasteiger partial charge in [-0.15, -0.1) is 0 Å². The highest BCUT2D eigenvalue weighted by Crippen LogP contribution is 2.34. The standard InChI is InChI=1S/C16H23NO3/c1-16(2,3)20-15(19)17-10-9-13(14(17)11-18)12-7-5-4-6-8-12/h4-8,13-14,18H,9-11H2,1-3H3/t13-,14-/m1/s1. The first-order chi connectivity index (χ1) is 9.42. The fourth-order valence-electron chi connectivity index (χ4n) is 2.72. The number of aliphatic hydroxyl groups excluding tert-OH is 1. The molecule has 0 bridgehead atoms. The van der Waals surface area contributed by atoms with Gasteiger partial charge in [0.2, 0.25) is 0 Å². The van der Waals surface area contributed by atoms with Crippen LogP contribution in [0.25, 0.3) is 0 Å². The van der Waals surface area contributed by atoms with Crippen molar-refractivity contribution in [2.75, 3.05) is 13.2 Å². The number of rotatable bonds is 2. The van der Waals surface area contributed by atoms with Crippen LogP contribution in [0.15, 0.2) is 30.3 Å². The molecule has 1 amide bonds. The predicted molar refractivity (Wildman–Crippen MR) is 77.6 cm³/mol. The van der Waals surface area contributed by atoms with Crippen molar-refractivity contribution in [2.45, 2.75) is 44.8 Å². The zero-order valence-electron chi connectivity index (χ0n) is 12.4. The maximum atomic E-state index is 12.2. The highest BCUT2D eigenvalue weighted by molar-refractivity contribution is 5.69. The number of hydrogen-bond acceptors (Lipinski definition) is 3. The molecule has 1 N–H and O–H groups in total. The van der Waals surface area contributed by atoms with E-state index in [4.69, 9.17) is 4.74 Å². The number of carbonyl (C=O) groups is 1. The molecular formula is C16H23NO3. The van der Waals surface area contributed by atoms with E-state index in [9.17, 15) is 9.90 Å². The van der Waals surface area contributed by atoms with E-state index in [-0.39, 0.29) is 24.7 Å². The normalized spacial score (nSPS) is 22.9. The maximum Gasteiger partial charge on any atom is 0.410 e. The number of aliphatic hydroxyl groups is 1. The fourth-order valence-corrected chi connectivity index (χ4v) is 2.72. The van der Waals surface area contributed by atoms with Gasteiger partial charge in [-0.3, -0.25) is 0 Å². The molecule has 0 spiro atoms. The van der Waals surface area contributed by atoms with Gasteiger partial charge in [0.25, 0.3) is 0 Å². The van der Waals surface area contributed by atoms with E-state index in [1.807, 2.05) is 51.1 Å². The molecule has 0 aliphatic carbocycles. The van der Waals surface area contributed by atoms with Crippen molar-refractivity contribution in [3.63, 3.8) is 0 Å². The Balaban J connectivity index is 2.12. The zero-order chi connectivity index (χ0) is 14.8. The summed E-state index contributed by atoms with van der Waals surface area (Å²) >= 11 is 0. The van der Waals surface area contributed by atoms with Crippen LogP contribution in [0.5, 0.6) is 0 Å². The van der Waals surface area contributed by atoms with E-state index >= 15 is 0 Å². The van der Waals surface area contributed by atoms with Crippen LogP contribution < -0.4 is 0 Å². The van der Waals surface area contributed by atoms with E-state index < -0.39 is 5.60 Å². The number of nitrogens with zero attached hydrogens (tertiary/aromatic N) is 1. The minimum absolute atomic E-state index is 0.0429. The van der Waals surface area contributed by atoms with Crippen LogP contribution in [-0.4, -0.2) is 40.9 Å². The highest BCUT2D eigenvalue weighted by atomic mass is 16.6. The Morgan fingerprint density at radius 3 is 2.55 bits per heavy atom. The topological polar surface area (TPSA) is 49.8 Å². The molecule has 0 saturated carbocycles. The Morgan fingerprint density at radius 1 is 1.35 bits per heavy atom. The van der Waals surface area contributed by atoms with Crippen molar-refractivity contribution in [2.24, 2.45) is 0 Å². The smallest absolute Gasteiger partial charge is 0.410 e. The molecule has 1 aliphatic heterocycles. The molecule has 2 rings (SSSR count). The average molecular weight is 277 g/mol. The first-order valence-electron chi connectivity index (χ1n) is 7.08. The second-order valence-corrected chi connectivity index (χ2v) is 6.23. The van der Waals surface area contributed by atoms with Crippen molar-refractivity contribution >= 4 is 6.09 Å². The maximum absolute atomic E-state index is 12.2. The van der Waals surface area contributed by atoms with Gasteiger partial charge in [0.1, 0.15) is 5.60 Å². The largest absolute Gasteiger partial charge is 0.444 e. The van der Waals surface area contributed by atoms with Crippen LogP contribution in [0, 0.1) is 0 Å². The SMILES string of the molecule is CC(C)(C)OC(=O)N1CC[C@H](c2ccccc2)[C@H]1CO. The second kappa shape index (κ2) is 5.83. The molecular weight excluding hydrogens is 254 g/mol. The molecule has 1 heterocycles. The number of amides is 1. The highest BCUT2D eigenvalue weighted by Gasteiger charge is 2.39. The van der Waals surface area contributed by atoms with Crippen LogP contribution in [0.2, 0.25) is 0 Å². The molecule has 4 heteroatoms. The van der Waals surface area contributed by atoms with Gasteiger partial charge in [-0.2, -0.15) is 0 Å². The molecule has 0 aromatic heterocycles. The van der Waals surface area contributed by atoms with E-state index in [1.54, 1.807) is 4.90 Å². The van der Waals surface area contributed by atoms with Crippen LogP contribution in [0.3, 0.4) is 0 Å². The van der Waals surface area contributed by atoms with Gasteiger partial charge in [-0.05, 0) is 32.8 Å². The molecule has 1 fully saturated rings. The number of carbonyl (C=O) groups excluding carboxylic acids is 1. The van der Waals surface area contributed by atoms with Crippen molar-refractivity contribution in [3.8, 4) is 0 Å². The molecule has 0 radical (unpaired) electrons. The number of ether oxygens (including phenoxy) is 1. The van der Waals surface area contributed by atoms with Crippen molar-refractivity contribution in [1.82, 2.24) is 4.90 Å². The fraction of sp³-hybridized carbons (Fsp3) is 0.562. The molecule has 0 unspecified atom stereocenters. The molecule has 20 heavy (non-hydrogen) atoms. The lowest BCUT2D eigenvalue weighted by Crippen LogP contribution is -2.42. The number of hydrogen-bond donors (Lipinski definition) is 1. The lowest BCUT2D eigenvalue weighted by molar-refractivity contribution is 0.0165. The third-order valence-electron chi connectivity index (χ3n) is 3.59. The quantitative estimate of drug-likeness (QED) is 0.904. The summed E-state index contributed by atoms with van der Waals surface area (Å²) in [5.41, 5.74) is 0.652. The molecule has 1 aliphatic rings. The lowest BCUT2D eigenvalue weighted by Gasteiger charge is -2.29. The van der Waals surface area contributed by atoms with Crippen LogP contribution in [0.4, 0.5) is 4.79 Å². The Bertz CT molecular complexity index is 453. The third kappa shape index (κ3) is 3.31. The van der Waals surface area contributed by atoms with E-state index in [0.29, 0.717) is 6.54 Å². The Hall–Kier alpha value is -1.55. The molecule has 2 atom stereocenters. The van der Waals surface area contributed by atoms with E-state index in [0.717, 1.165) is 12.0 Å². The van der Waals surface area contributed by atoms with E-state index in [1.165, 1.54) is 0 Å². The summed E-state index contributed by atoms with van der Waals surface area (Å²) < 4.78 is 5.41. The summed E-state index contributed by atoms with van der Waals surface area (Å²) in [7, 11) is 0. The predicted octanol–water partition coefficient (Wildman–Crippen LogP) is 2.77. The number of benzene rings is 1. The summed E-state index contributed by atoms with van der Waals surface area (Å²) in [5.74, 6) is 0.175. The van der Waals surface area contributed by atoms with Crippen molar-refractivity contribution in [1.29, 1.82) is 0 Å². The van der Waals surface area contributed by atoms with Gasteiger partial charge in [0.05, 0.1) is 12.6 Å². The van der Waals surface area contributed by atoms with Crippen LogP contribution in [-0.2, 0) is 4.74 Å². The van der Waals surface area contributed by atoms with Gasteiger partial charge < -0.3 is 14.7 Å². The Labute approximate surface area is 120 Å². The molecule has 1 aromatic rings. The van der Waals surface area contributed by atoms with Crippen LogP contribution in [0.1, 0.15) is 38.7 Å². The summed E-state index contributed by atoms with van der Waals surface area (Å²) in [6.45, 7) is 6.13. The molecule has 110 valence electrons. The minimum atomic E-state index is -0.512. The molecule has 1 aromatic carbocycles. The Kier molecular flexibility index (Phi) is 4.33. The van der Waals surface area contributed by atoms with Gasteiger partial charge in [0, 0.05) is 12.5 Å². The van der Waals surface area contributed by atoms with Gasteiger partial charge in [0.15, 0.2) is 0 Å². The van der Waals surface area contributed by atoms with Crippen molar-refractivity contribution in [3.05, 3.63) is 35.9 Å².